The van der Waals surface area contributed by atoms with E-state index in [9.17, 15) is 9.59 Å². The standard InChI is InChI=1S/C11H13NO.C9H11NO2.C4H10/c1-9(13)12-7-6-10-4-2-3-5-11(10)8-12;1-7(10-6-11)8-2-4-9(12)5-3-8;1-3-4-2/h2-5H,6-8H2,1H3;2-7,12H,1H3,(H,10,11);3-4H2,1-2H3. The Labute approximate surface area is 174 Å². The fraction of sp³-hybridized carbons (Fsp3) is 0.417. The van der Waals surface area contributed by atoms with E-state index in [-0.39, 0.29) is 17.7 Å². The minimum atomic E-state index is -0.0110. The summed E-state index contributed by atoms with van der Waals surface area (Å²) in [6, 6.07) is 15.1. The van der Waals surface area contributed by atoms with Gasteiger partial charge in [0.25, 0.3) is 0 Å². The SMILES string of the molecule is CC(=O)N1CCc2ccccc2C1.CC(NC=O)c1ccc(O)cc1.CCCC. The van der Waals surface area contributed by atoms with E-state index in [1.807, 2.05) is 17.9 Å². The van der Waals surface area contributed by atoms with E-state index in [0.717, 1.165) is 25.1 Å². The van der Waals surface area contributed by atoms with Crippen molar-refractivity contribution in [3.05, 3.63) is 65.2 Å². The lowest BCUT2D eigenvalue weighted by Crippen LogP contribution is -2.34. The molecular weight excluding hydrogens is 364 g/mol. The van der Waals surface area contributed by atoms with Crippen LogP contribution in [-0.4, -0.2) is 28.9 Å². The minimum Gasteiger partial charge on any atom is -0.508 e. The minimum absolute atomic E-state index is 0.0110. The number of rotatable bonds is 4. The van der Waals surface area contributed by atoms with E-state index in [2.05, 4.69) is 37.4 Å². The van der Waals surface area contributed by atoms with E-state index in [1.165, 1.54) is 24.0 Å². The van der Waals surface area contributed by atoms with Gasteiger partial charge in [0.05, 0.1) is 6.04 Å². The van der Waals surface area contributed by atoms with Crippen molar-refractivity contribution < 1.29 is 14.7 Å². The Morgan fingerprint density at radius 3 is 2.21 bits per heavy atom. The number of nitrogens with zero attached hydrogens (tertiary/aromatic N) is 1. The Balaban J connectivity index is 0.000000247. The quantitative estimate of drug-likeness (QED) is 0.740. The molecule has 2 N–H and O–H groups in total. The number of carbonyl (C=O) groups is 2. The number of phenolic OH excluding ortho intramolecular Hbond substituents is 1. The number of phenols is 1. The first-order chi connectivity index (χ1) is 13.9. The van der Waals surface area contributed by atoms with E-state index in [4.69, 9.17) is 5.11 Å². The lowest BCUT2D eigenvalue weighted by atomic mass is 10.00. The molecule has 5 nitrogen and oxygen atoms in total. The second kappa shape index (κ2) is 13.4. The van der Waals surface area contributed by atoms with Crippen LogP contribution >= 0.6 is 0 Å². The van der Waals surface area contributed by atoms with Crippen molar-refractivity contribution in [2.24, 2.45) is 0 Å². The van der Waals surface area contributed by atoms with Crippen molar-refractivity contribution >= 4 is 12.3 Å². The van der Waals surface area contributed by atoms with E-state index in [1.54, 1.807) is 31.2 Å². The normalized spacial score (nSPS) is 12.9. The lowest BCUT2D eigenvalue weighted by molar-refractivity contribution is -0.129. The van der Waals surface area contributed by atoms with Crippen LogP contribution in [0, 0.1) is 0 Å². The van der Waals surface area contributed by atoms with Crippen LogP contribution in [0.15, 0.2) is 48.5 Å². The number of fused-ring (bicyclic) bond motifs is 1. The molecule has 0 bridgehead atoms. The maximum Gasteiger partial charge on any atom is 0.219 e. The summed E-state index contributed by atoms with van der Waals surface area (Å²) in [7, 11) is 0. The highest BCUT2D eigenvalue weighted by Crippen LogP contribution is 2.18. The van der Waals surface area contributed by atoms with Crippen LogP contribution in [0.5, 0.6) is 5.75 Å². The van der Waals surface area contributed by atoms with Gasteiger partial charge in [-0.05, 0) is 42.2 Å². The summed E-state index contributed by atoms with van der Waals surface area (Å²) in [6.07, 6.45) is 4.30. The number of amides is 2. The summed E-state index contributed by atoms with van der Waals surface area (Å²) in [5.74, 6) is 0.409. The molecule has 0 radical (unpaired) electrons. The molecule has 1 aliphatic rings. The first-order valence-electron chi connectivity index (χ1n) is 10.2. The van der Waals surface area contributed by atoms with Crippen LogP contribution in [0.3, 0.4) is 0 Å². The summed E-state index contributed by atoms with van der Waals surface area (Å²) in [5, 5.41) is 11.6. The molecule has 5 heteroatoms. The summed E-state index contributed by atoms with van der Waals surface area (Å²) in [4.78, 5) is 23.1. The number of benzene rings is 2. The zero-order valence-corrected chi connectivity index (χ0v) is 18.0. The molecule has 1 heterocycles. The molecule has 2 aromatic rings. The van der Waals surface area contributed by atoms with Crippen LogP contribution in [0.4, 0.5) is 0 Å². The van der Waals surface area contributed by atoms with Crippen LogP contribution in [-0.2, 0) is 22.6 Å². The van der Waals surface area contributed by atoms with Gasteiger partial charge in [-0.2, -0.15) is 0 Å². The molecule has 0 saturated heterocycles. The topological polar surface area (TPSA) is 69.6 Å². The summed E-state index contributed by atoms with van der Waals surface area (Å²) < 4.78 is 0. The zero-order chi connectivity index (χ0) is 21.6. The molecule has 1 atom stereocenters. The van der Waals surface area contributed by atoms with E-state index >= 15 is 0 Å². The highest BCUT2D eigenvalue weighted by molar-refractivity contribution is 5.73. The monoisotopic (exact) mass is 398 g/mol. The number of aromatic hydroxyl groups is 1. The second-order valence-corrected chi connectivity index (χ2v) is 7.06. The lowest BCUT2D eigenvalue weighted by Gasteiger charge is -2.27. The first-order valence-corrected chi connectivity index (χ1v) is 10.2. The van der Waals surface area contributed by atoms with E-state index in [0.29, 0.717) is 6.41 Å². The number of nitrogens with one attached hydrogen (secondary N) is 1. The van der Waals surface area contributed by atoms with Gasteiger partial charge in [-0.1, -0.05) is 63.1 Å². The smallest absolute Gasteiger partial charge is 0.219 e. The zero-order valence-electron chi connectivity index (χ0n) is 18.0. The summed E-state index contributed by atoms with van der Waals surface area (Å²) >= 11 is 0. The molecule has 1 aliphatic heterocycles. The molecule has 0 aromatic heterocycles. The van der Waals surface area contributed by atoms with Crippen LogP contribution in [0.2, 0.25) is 0 Å². The maximum atomic E-state index is 11.1. The Bertz CT molecular complexity index is 742. The van der Waals surface area contributed by atoms with Crippen molar-refractivity contribution in [3.8, 4) is 5.75 Å². The van der Waals surface area contributed by atoms with Gasteiger partial charge < -0.3 is 15.3 Å². The highest BCUT2D eigenvalue weighted by Gasteiger charge is 2.16. The predicted molar refractivity (Wildman–Crippen MR) is 118 cm³/mol. The molecule has 2 aromatic carbocycles. The molecule has 0 spiro atoms. The summed E-state index contributed by atoms with van der Waals surface area (Å²) in [6.45, 7) is 9.52. The van der Waals surface area contributed by atoms with Gasteiger partial charge in [-0.15, -0.1) is 0 Å². The molecule has 29 heavy (non-hydrogen) atoms. The van der Waals surface area contributed by atoms with Gasteiger partial charge >= 0.3 is 0 Å². The second-order valence-electron chi connectivity index (χ2n) is 7.06. The first kappa shape index (κ1) is 24.2. The van der Waals surface area contributed by atoms with Gasteiger partial charge in [0.15, 0.2) is 0 Å². The van der Waals surface area contributed by atoms with Gasteiger partial charge in [0.2, 0.25) is 12.3 Å². The third-order valence-electron chi connectivity index (χ3n) is 4.79. The van der Waals surface area contributed by atoms with E-state index < -0.39 is 0 Å². The fourth-order valence-electron chi connectivity index (χ4n) is 2.73. The molecule has 0 fully saturated rings. The fourth-order valence-corrected chi connectivity index (χ4v) is 2.73. The molecule has 1 unspecified atom stereocenters. The predicted octanol–water partition coefficient (Wildman–Crippen LogP) is 4.60. The Morgan fingerprint density at radius 2 is 1.69 bits per heavy atom. The van der Waals surface area contributed by atoms with Crippen LogP contribution in [0.1, 0.15) is 63.3 Å². The van der Waals surface area contributed by atoms with Crippen LogP contribution in [0.25, 0.3) is 0 Å². The van der Waals surface area contributed by atoms with Crippen molar-refractivity contribution in [1.82, 2.24) is 10.2 Å². The maximum absolute atomic E-state index is 11.1. The van der Waals surface area contributed by atoms with Crippen molar-refractivity contribution in [1.29, 1.82) is 0 Å². The Kier molecular flexibility index (Phi) is 11.2. The number of hydrogen-bond acceptors (Lipinski definition) is 3. The van der Waals surface area contributed by atoms with Gasteiger partial charge in [0, 0.05) is 20.0 Å². The number of hydrogen-bond donors (Lipinski definition) is 2. The Hall–Kier alpha value is -2.82. The molecule has 0 aliphatic carbocycles. The highest BCUT2D eigenvalue weighted by atomic mass is 16.3. The van der Waals surface area contributed by atoms with Crippen molar-refractivity contribution in [2.45, 2.75) is 59.5 Å². The molecular formula is C24H34N2O3. The van der Waals surface area contributed by atoms with Crippen LogP contribution < -0.4 is 5.32 Å². The number of carbonyl (C=O) groups excluding carboxylic acids is 2. The van der Waals surface area contributed by atoms with Crippen molar-refractivity contribution in [2.75, 3.05) is 6.54 Å². The Morgan fingerprint density at radius 1 is 1.10 bits per heavy atom. The molecule has 0 saturated carbocycles. The molecule has 2 amide bonds. The van der Waals surface area contributed by atoms with Gasteiger partial charge in [-0.25, -0.2) is 0 Å². The largest absolute Gasteiger partial charge is 0.508 e. The summed E-state index contributed by atoms with van der Waals surface area (Å²) in [5.41, 5.74) is 3.66. The average molecular weight is 399 g/mol. The number of unbranched alkanes of at least 4 members (excludes halogenated alkanes) is 1. The molecule has 3 rings (SSSR count). The molecule has 158 valence electrons. The third kappa shape index (κ3) is 8.81. The van der Waals surface area contributed by atoms with Gasteiger partial charge in [0.1, 0.15) is 5.75 Å². The van der Waals surface area contributed by atoms with Crippen molar-refractivity contribution in [3.63, 3.8) is 0 Å². The third-order valence-corrected chi connectivity index (χ3v) is 4.79. The average Bonchev–Trinajstić information content (AvgIpc) is 2.74. The van der Waals surface area contributed by atoms with Gasteiger partial charge in [-0.3, -0.25) is 9.59 Å².